The summed E-state index contributed by atoms with van der Waals surface area (Å²) >= 11 is 0. The number of hydrazone groups is 1. The van der Waals surface area contributed by atoms with Crippen molar-refractivity contribution in [2.45, 2.75) is 18.7 Å². The zero-order valence-corrected chi connectivity index (χ0v) is 18.1. The molecule has 0 fully saturated rings. The number of methoxy groups -OCH3 is 1. The number of carbonyl (C=O) groups excluding carboxylic acids is 1. The fraction of sp³-hybridized carbons (Fsp3) is 0.143. The van der Waals surface area contributed by atoms with Gasteiger partial charge in [-0.2, -0.15) is 5.10 Å². The molecule has 2 aliphatic rings. The molecule has 0 N–H and O–H groups in total. The van der Waals surface area contributed by atoms with E-state index >= 15 is 0 Å². The molecule has 0 spiro atoms. The van der Waals surface area contributed by atoms with Gasteiger partial charge in [-0.05, 0) is 52.7 Å². The second-order valence-electron chi connectivity index (χ2n) is 8.31. The first-order valence-corrected chi connectivity index (χ1v) is 11.0. The van der Waals surface area contributed by atoms with E-state index in [0.29, 0.717) is 17.7 Å². The molecule has 2 aliphatic heterocycles. The predicted octanol–water partition coefficient (Wildman–Crippen LogP) is 5.60. The number of Topliss-reactive ketones (excluding diaryl/α,β-unsaturated/α-hetero) is 1. The van der Waals surface area contributed by atoms with Crippen LogP contribution in [0.2, 0.25) is 0 Å². The van der Waals surface area contributed by atoms with E-state index in [1.807, 2.05) is 35.3 Å². The van der Waals surface area contributed by atoms with Crippen molar-refractivity contribution in [3.8, 4) is 11.5 Å². The Morgan fingerprint density at radius 3 is 2.52 bits per heavy atom. The molecular formula is C28H22N2O3. The third-order valence-corrected chi connectivity index (χ3v) is 6.38. The molecular weight excluding hydrogens is 412 g/mol. The molecule has 0 saturated heterocycles. The number of hydrogen-bond donors (Lipinski definition) is 0. The predicted molar refractivity (Wildman–Crippen MR) is 128 cm³/mol. The number of para-hydroxylation sites is 1. The number of carbonyl (C=O) groups is 1. The highest BCUT2D eigenvalue weighted by Gasteiger charge is 2.43. The van der Waals surface area contributed by atoms with Crippen LogP contribution >= 0.6 is 0 Å². The van der Waals surface area contributed by atoms with Gasteiger partial charge in [0.05, 0.1) is 18.9 Å². The monoisotopic (exact) mass is 434 g/mol. The number of ether oxygens (including phenoxy) is 2. The van der Waals surface area contributed by atoms with Crippen molar-refractivity contribution >= 4 is 22.3 Å². The van der Waals surface area contributed by atoms with Gasteiger partial charge in [-0.1, -0.05) is 54.6 Å². The molecule has 6 rings (SSSR count). The molecule has 0 saturated carbocycles. The topological polar surface area (TPSA) is 51.1 Å². The summed E-state index contributed by atoms with van der Waals surface area (Å²) in [5, 5.41) is 9.12. The van der Waals surface area contributed by atoms with E-state index < -0.39 is 6.23 Å². The highest BCUT2D eigenvalue weighted by molar-refractivity contribution is 6.05. The number of ketones is 1. The van der Waals surface area contributed by atoms with Gasteiger partial charge in [0.25, 0.3) is 6.23 Å². The third kappa shape index (κ3) is 3.33. The van der Waals surface area contributed by atoms with Gasteiger partial charge in [-0.3, -0.25) is 4.79 Å². The molecule has 2 heterocycles. The average Bonchev–Trinajstić information content (AvgIpc) is 3.33. The van der Waals surface area contributed by atoms with Gasteiger partial charge in [0.1, 0.15) is 11.5 Å². The molecule has 0 aliphatic carbocycles. The van der Waals surface area contributed by atoms with E-state index in [4.69, 9.17) is 14.6 Å². The standard InChI is InChI=1S/C28H22N2O3/c1-32-22-14-12-19(13-15-22)27(31)28-30-25(23-8-4-5-9-26(23)33-28)17-24(29-30)21-11-10-18-6-2-3-7-20(18)16-21/h2-16,25,28H,17H2,1H3/t25-,28+/m0/s1. The van der Waals surface area contributed by atoms with E-state index in [0.717, 1.165) is 22.6 Å². The lowest BCUT2D eigenvalue weighted by Crippen LogP contribution is -2.45. The fourth-order valence-corrected chi connectivity index (χ4v) is 4.65. The molecule has 4 aromatic carbocycles. The summed E-state index contributed by atoms with van der Waals surface area (Å²) in [6, 6.07) is 29.7. The van der Waals surface area contributed by atoms with Crippen LogP contribution in [-0.4, -0.2) is 29.8 Å². The van der Waals surface area contributed by atoms with E-state index in [9.17, 15) is 4.79 Å². The Labute approximate surface area is 191 Å². The van der Waals surface area contributed by atoms with Crippen molar-refractivity contribution in [1.82, 2.24) is 5.01 Å². The highest BCUT2D eigenvalue weighted by Crippen LogP contribution is 2.43. The first-order valence-electron chi connectivity index (χ1n) is 11.0. The molecule has 5 heteroatoms. The van der Waals surface area contributed by atoms with E-state index in [-0.39, 0.29) is 11.8 Å². The minimum absolute atomic E-state index is 0.0522. The smallest absolute Gasteiger partial charge is 0.251 e. The van der Waals surface area contributed by atoms with Crippen LogP contribution in [0.1, 0.15) is 33.9 Å². The molecule has 0 unspecified atom stereocenters. The van der Waals surface area contributed by atoms with E-state index in [1.165, 1.54) is 10.8 Å². The number of rotatable bonds is 4. The number of hydrogen-bond acceptors (Lipinski definition) is 5. The van der Waals surface area contributed by atoms with E-state index in [1.54, 1.807) is 31.4 Å². The van der Waals surface area contributed by atoms with Gasteiger partial charge >= 0.3 is 0 Å². The average molecular weight is 434 g/mol. The number of nitrogens with zero attached hydrogens (tertiary/aromatic N) is 2. The van der Waals surface area contributed by atoms with Crippen molar-refractivity contribution in [3.05, 3.63) is 108 Å². The molecule has 162 valence electrons. The van der Waals surface area contributed by atoms with Gasteiger partial charge in [-0.15, -0.1) is 0 Å². The van der Waals surface area contributed by atoms with Crippen LogP contribution < -0.4 is 9.47 Å². The first kappa shape index (κ1) is 19.6. The summed E-state index contributed by atoms with van der Waals surface area (Å²) < 4.78 is 11.4. The summed E-state index contributed by atoms with van der Waals surface area (Å²) in [7, 11) is 1.61. The highest BCUT2D eigenvalue weighted by atomic mass is 16.5. The van der Waals surface area contributed by atoms with Crippen LogP contribution in [0.3, 0.4) is 0 Å². The molecule has 2 atom stereocenters. The molecule has 0 aromatic heterocycles. The Morgan fingerprint density at radius 2 is 1.70 bits per heavy atom. The maximum atomic E-state index is 13.5. The number of fused-ring (bicyclic) bond motifs is 4. The summed E-state index contributed by atoms with van der Waals surface area (Å²) in [6.45, 7) is 0. The SMILES string of the molecule is COc1ccc(C(=O)[C@H]2Oc3ccccc3[C@@H]3CC(c4ccc5ccccc5c4)=NN23)cc1. The van der Waals surface area contributed by atoms with Crippen LogP contribution in [0.5, 0.6) is 11.5 Å². The van der Waals surface area contributed by atoms with E-state index in [2.05, 4.69) is 36.4 Å². The van der Waals surface area contributed by atoms with Crippen molar-refractivity contribution < 1.29 is 14.3 Å². The second-order valence-corrected chi connectivity index (χ2v) is 8.31. The summed E-state index contributed by atoms with van der Waals surface area (Å²) in [5.74, 6) is 1.32. The molecule has 0 bridgehead atoms. The van der Waals surface area contributed by atoms with Crippen LogP contribution in [0.4, 0.5) is 0 Å². The van der Waals surface area contributed by atoms with Crippen LogP contribution in [0.25, 0.3) is 10.8 Å². The Kier molecular flexibility index (Phi) is 4.61. The summed E-state index contributed by atoms with van der Waals surface area (Å²) in [5.41, 5.74) is 3.64. The zero-order valence-electron chi connectivity index (χ0n) is 18.1. The lowest BCUT2D eigenvalue weighted by molar-refractivity contribution is -0.00455. The molecule has 0 amide bonds. The minimum atomic E-state index is -0.823. The zero-order chi connectivity index (χ0) is 22.4. The van der Waals surface area contributed by atoms with Crippen LogP contribution in [-0.2, 0) is 0 Å². The lowest BCUT2D eigenvalue weighted by atomic mass is 9.95. The lowest BCUT2D eigenvalue weighted by Gasteiger charge is -2.37. The third-order valence-electron chi connectivity index (χ3n) is 6.38. The van der Waals surface area contributed by atoms with Gasteiger partial charge in [0.2, 0.25) is 5.78 Å². The van der Waals surface area contributed by atoms with Crippen LogP contribution in [0.15, 0.2) is 96.1 Å². The van der Waals surface area contributed by atoms with Crippen molar-refractivity contribution in [1.29, 1.82) is 0 Å². The normalized spacial score (nSPS) is 18.8. The summed E-state index contributed by atoms with van der Waals surface area (Å²) in [6.07, 6.45) is -0.110. The summed E-state index contributed by atoms with van der Waals surface area (Å²) in [4.78, 5) is 13.5. The Balaban J connectivity index is 1.40. The van der Waals surface area contributed by atoms with Gasteiger partial charge < -0.3 is 9.47 Å². The Morgan fingerprint density at radius 1 is 0.939 bits per heavy atom. The molecule has 33 heavy (non-hydrogen) atoms. The van der Waals surface area contributed by atoms with Crippen LogP contribution in [0, 0.1) is 0 Å². The number of benzene rings is 4. The maximum absolute atomic E-state index is 13.5. The van der Waals surface area contributed by atoms with Gasteiger partial charge in [-0.25, -0.2) is 5.01 Å². The first-order chi connectivity index (χ1) is 16.2. The second kappa shape index (κ2) is 7.78. The maximum Gasteiger partial charge on any atom is 0.251 e. The van der Waals surface area contributed by atoms with Crippen molar-refractivity contribution in [3.63, 3.8) is 0 Å². The Bertz CT molecular complexity index is 1390. The molecule has 4 aromatic rings. The van der Waals surface area contributed by atoms with Gasteiger partial charge in [0, 0.05) is 17.5 Å². The van der Waals surface area contributed by atoms with Crippen molar-refractivity contribution in [2.75, 3.05) is 7.11 Å². The molecule has 0 radical (unpaired) electrons. The fourth-order valence-electron chi connectivity index (χ4n) is 4.65. The largest absolute Gasteiger partial charge is 0.497 e. The Hall–Kier alpha value is -4.12. The quantitative estimate of drug-likeness (QED) is 0.392. The van der Waals surface area contributed by atoms with Crippen molar-refractivity contribution in [2.24, 2.45) is 5.10 Å². The minimum Gasteiger partial charge on any atom is -0.497 e. The molecule has 5 nitrogen and oxygen atoms in total. The van der Waals surface area contributed by atoms with Gasteiger partial charge in [0.15, 0.2) is 0 Å².